The fourth-order valence-electron chi connectivity index (χ4n) is 6.24. The van der Waals surface area contributed by atoms with E-state index in [2.05, 4.69) is 79.5 Å². The summed E-state index contributed by atoms with van der Waals surface area (Å²) in [5.41, 5.74) is 8.60. The van der Waals surface area contributed by atoms with E-state index in [1.54, 1.807) is 0 Å². The van der Waals surface area contributed by atoms with Crippen LogP contribution in [-0.4, -0.2) is 35.1 Å². The maximum atomic E-state index is 13.4. The predicted octanol–water partition coefficient (Wildman–Crippen LogP) is 8.81. The molecule has 0 atom stereocenters. The van der Waals surface area contributed by atoms with Gasteiger partial charge in [0.1, 0.15) is 30.4 Å². The van der Waals surface area contributed by atoms with Crippen molar-refractivity contribution in [1.29, 1.82) is 0 Å². The van der Waals surface area contributed by atoms with Crippen molar-refractivity contribution in [1.82, 2.24) is 15.4 Å². The Hall–Kier alpha value is -4.88. The minimum absolute atomic E-state index is 0.142. The largest absolute Gasteiger partial charge is 0.488 e. The molecule has 2 heterocycles. The number of rotatable bonds is 12. The number of aromatic nitrogens is 1. The van der Waals surface area contributed by atoms with Gasteiger partial charge < -0.3 is 19.3 Å². The Morgan fingerprint density at radius 1 is 0.854 bits per heavy atom. The molecule has 0 bridgehead atoms. The van der Waals surface area contributed by atoms with Gasteiger partial charge in [-0.25, -0.2) is 0 Å². The summed E-state index contributed by atoms with van der Waals surface area (Å²) in [7, 11) is 0. The molecule has 0 saturated carbocycles. The Bertz CT molecular complexity index is 1850. The second-order valence-corrected chi connectivity index (χ2v) is 13.0. The average molecular weight is 644 g/mol. The summed E-state index contributed by atoms with van der Waals surface area (Å²) in [6, 6.07) is 31.2. The van der Waals surface area contributed by atoms with Crippen molar-refractivity contribution < 1.29 is 18.8 Å². The molecule has 1 aliphatic heterocycles. The SMILES string of the molecule is CCNC(=O)c1onc(-c2cc(C(C)C)c(OCc3ccccc3)cc2OCc2ccccc2)c1-c1ccc2c(c1)CCN(C(C)C)C2. The summed E-state index contributed by atoms with van der Waals surface area (Å²) in [6.07, 6.45) is 0.939. The van der Waals surface area contributed by atoms with Crippen LogP contribution in [0.1, 0.15) is 78.9 Å². The van der Waals surface area contributed by atoms with Crippen molar-refractivity contribution in [3.05, 3.63) is 125 Å². The summed E-state index contributed by atoms with van der Waals surface area (Å²) < 4.78 is 18.9. The molecule has 48 heavy (non-hydrogen) atoms. The quantitative estimate of drug-likeness (QED) is 0.146. The first-order chi connectivity index (χ1) is 23.3. The molecule has 7 heteroatoms. The number of nitrogens with one attached hydrogen (secondary N) is 1. The highest BCUT2D eigenvalue weighted by atomic mass is 16.5. The summed E-state index contributed by atoms with van der Waals surface area (Å²) >= 11 is 0. The number of carbonyl (C=O) groups is 1. The molecular formula is C41H45N3O4. The topological polar surface area (TPSA) is 76.8 Å². The minimum atomic E-state index is -0.298. The molecule has 0 fully saturated rings. The van der Waals surface area contributed by atoms with Crippen LogP contribution in [-0.2, 0) is 26.2 Å². The standard InChI is InChI=1S/C41H45N3O4/c1-6-42-41(45)40-38(32-17-18-33-24-44(28(4)5)20-19-31(33)21-32)39(43-48-40)35-22-34(27(2)3)36(46-25-29-13-9-7-10-14-29)23-37(35)47-26-30-15-11-8-12-16-30/h7-18,21-23,27-28H,6,19-20,24-26H2,1-5H3,(H,42,45). The van der Waals surface area contributed by atoms with Gasteiger partial charge in [0, 0.05) is 37.3 Å². The van der Waals surface area contributed by atoms with Crippen LogP contribution in [0.2, 0.25) is 0 Å². The molecule has 4 aromatic carbocycles. The van der Waals surface area contributed by atoms with Crippen LogP contribution in [0.3, 0.4) is 0 Å². The molecule has 0 unspecified atom stereocenters. The highest BCUT2D eigenvalue weighted by molar-refractivity contribution is 6.02. The van der Waals surface area contributed by atoms with Gasteiger partial charge in [0.05, 0.1) is 5.56 Å². The molecular weight excluding hydrogens is 598 g/mol. The Morgan fingerprint density at radius 3 is 2.15 bits per heavy atom. The van der Waals surface area contributed by atoms with E-state index in [9.17, 15) is 4.79 Å². The molecule has 6 rings (SSSR count). The first-order valence-electron chi connectivity index (χ1n) is 17.0. The second-order valence-electron chi connectivity index (χ2n) is 13.0. The molecule has 5 aromatic rings. The normalized spacial score (nSPS) is 13.1. The number of amides is 1. The fourth-order valence-corrected chi connectivity index (χ4v) is 6.24. The highest BCUT2D eigenvalue weighted by Crippen LogP contribution is 2.44. The van der Waals surface area contributed by atoms with Crippen LogP contribution in [0.25, 0.3) is 22.4 Å². The molecule has 7 nitrogen and oxygen atoms in total. The summed E-state index contributed by atoms with van der Waals surface area (Å²) in [5.74, 6) is 1.39. The molecule has 0 spiro atoms. The van der Waals surface area contributed by atoms with E-state index in [1.807, 2.05) is 61.5 Å². The lowest BCUT2D eigenvalue weighted by Crippen LogP contribution is -2.35. The van der Waals surface area contributed by atoms with Crippen molar-refractivity contribution in [3.8, 4) is 33.9 Å². The van der Waals surface area contributed by atoms with Crippen molar-refractivity contribution in [2.75, 3.05) is 13.1 Å². The Balaban J connectivity index is 1.48. The van der Waals surface area contributed by atoms with E-state index in [4.69, 9.17) is 14.0 Å². The van der Waals surface area contributed by atoms with Crippen molar-refractivity contribution in [3.63, 3.8) is 0 Å². The maximum Gasteiger partial charge on any atom is 0.290 e. The number of hydrogen-bond donors (Lipinski definition) is 1. The van der Waals surface area contributed by atoms with E-state index in [0.29, 0.717) is 42.8 Å². The van der Waals surface area contributed by atoms with Gasteiger partial charge in [-0.1, -0.05) is 97.9 Å². The number of ether oxygens (including phenoxy) is 2. The van der Waals surface area contributed by atoms with Crippen molar-refractivity contribution in [2.24, 2.45) is 0 Å². The number of fused-ring (bicyclic) bond motifs is 1. The van der Waals surface area contributed by atoms with Crippen LogP contribution in [0.5, 0.6) is 11.5 Å². The van der Waals surface area contributed by atoms with Gasteiger partial charge in [-0.15, -0.1) is 0 Å². The maximum absolute atomic E-state index is 13.4. The third kappa shape index (κ3) is 7.32. The number of nitrogens with zero attached hydrogens (tertiary/aromatic N) is 2. The first-order valence-corrected chi connectivity index (χ1v) is 17.0. The van der Waals surface area contributed by atoms with Gasteiger partial charge >= 0.3 is 0 Å². The molecule has 248 valence electrons. The van der Waals surface area contributed by atoms with Crippen LogP contribution in [0, 0.1) is 0 Å². The summed E-state index contributed by atoms with van der Waals surface area (Å²) in [5, 5.41) is 7.51. The summed E-state index contributed by atoms with van der Waals surface area (Å²) in [4.78, 5) is 15.9. The predicted molar refractivity (Wildman–Crippen MR) is 190 cm³/mol. The smallest absolute Gasteiger partial charge is 0.290 e. The molecule has 1 aliphatic rings. The molecule has 1 amide bonds. The molecule has 0 radical (unpaired) electrons. The molecule has 1 aromatic heterocycles. The Morgan fingerprint density at radius 2 is 1.52 bits per heavy atom. The lowest BCUT2D eigenvalue weighted by atomic mass is 9.90. The monoisotopic (exact) mass is 643 g/mol. The average Bonchev–Trinajstić information content (AvgIpc) is 3.55. The van der Waals surface area contributed by atoms with Gasteiger partial charge in [-0.05, 0) is 72.6 Å². The van der Waals surface area contributed by atoms with Crippen molar-refractivity contribution >= 4 is 5.91 Å². The number of hydrogen-bond acceptors (Lipinski definition) is 6. The number of carbonyl (C=O) groups excluding carboxylic acids is 1. The molecule has 1 N–H and O–H groups in total. The fraction of sp³-hybridized carbons (Fsp3) is 0.317. The van der Waals surface area contributed by atoms with Gasteiger partial charge in [0.25, 0.3) is 5.91 Å². The van der Waals surface area contributed by atoms with Crippen LogP contribution in [0.15, 0.2) is 95.5 Å². The van der Waals surface area contributed by atoms with E-state index in [1.165, 1.54) is 11.1 Å². The highest BCUT2D eigenvalue weighted by Gasteiger charge is 2.29. The zero-order valence-corrected chi connectivity index (χ0v) is 28.6. The van der Waals surface area contributed by atoms with Crippen molar-refractivity contribution in [2.45, 2.75) is 72.8 Å². The van der Waals surface area contributed by atoms with Gasteiger partial charge in [-0.3, -0.25) is 9.69 Å². The van der Waals surface area contributed by atoms with Gasteiger partial charge in [0.2, 0.25) is 5.76 Å². The van der Waals surface area contributed by atoms with Gasteiger partial charge in [0.15, 0.2) is 0 Å². The Labute approximate surface area is 283 Å². The third-order valence-corrected chi connectivity index (χ3v) is 8.97. The van der Waals surface area contributed by atoms with Crippen LogP contribution < -0.4 is 14.8 Å². The van der Waals surface area contributed by atoms with E-state index < -0.39 is 0 Å². The zero-order valence-electron chi connectivity index (χ0n) is 28.6. The first kappa shape index (κ1) is 33.0. The van der Waals surface area contributed by atoms with E-state index in [-0.39, 0.29) is 17.6 Å². The third-order valence-electron chi connectivity index (χ3n) is 8.97. The van der Waals surface area contributed by atoms with Crippen LogP contribution >= 0.6 is 0 Å². The lowest BCUT2D eigenvalue weighted by molar-refractivity contribution is 0.0920. The second kappa shape index (κ2) is 14.9. The zero-order chi connectivity index (χ0) is 33.6. The Kier molecular flexibility index (Phi) is 10.3. The van der Waals surface area contributed by atoms with Crippen LogP contribution in [0.4, 0.5) is 0 Å². The van der Waals surface area contributed by atoms with E-state index in [0.717, 1.165) is 53.1 Å². The number of benzene rings is 4. The van der Waals surface area contributed by atoms with Gasteiger partial charge in [-0.2, -0.15) is 0 Å². The molecule has 0 aliphatic carbocycles. The van der Waals surface area contributed by atoms with E-state index >= 15 is 0 Å². The molecule has 0 saturated heterocycles. The lowest BCUT2D eigenvalue weighted by Gasteiger charge is -2.32. The minimum Gasteiger partial charge on any atom is -0.488 e. The summed E-state index contributed by atoms with van der Waals surface area (Å²) in [6.45, 7) is 13.8.